The molecule has 0 saturated carbocycles. The summed E-state index contributed by atoms with van der Waals surface area (Å²) in [6.45, 7) is -0.347. The van der Waals surface area contributed by atoms with Crippen LogP contribution in [0.4, 0.5) is 4.79 Å². The average molecular weight is 447 g/mol. The summed E-state index contributed by atoms with van der Waals surface area (Å²) in [6.07, 6.45) is 1.16. The SMILES string of the molecule is CN(CC(=O)O)C(=O)C(Cc1ccc[nH]1)NC(=O)OCC1c2ccccc2-c2ccccc21. The maximum absolute atomic E-state index is 12.8. The summed E-state index contributed by atoms with van der Waals surface area (Å²) in [5.74, 6) is -1.75. The molecular weight excluding hydrogens is 422 g/mol. The van der Waals surface area contributed by atoms with Crippen LogP contribution in [0.3, 0.4) is 0 Å². The van der Waals surface area contributed by atoms with E-state index in [1.165, 1.54) is 7.05 Å². The lowest BCUT2D eigenvalue weighted by Crippen LogP contribution is -2.50. The molecule has 1 aliphatic rings. The number of aromatic amines is 1. The molecule has 1 aliphatic carbocycles. The number of hydrogen-bond donors (Lipinski definition) is 3. The lowest BCUT2D eigenvalue weighted by molar-refractivity contribution is -0.144. The van der Waals surface area contributed by atoms with Crippen LogP contribution in [0.25, 0.3) is 11.1 Å². The van der Waals surface area contributed by atoms with E-state index in [1.807, 2.05) is 36.4 Å². The van der Waals surface area contributed by atoms with Crippen LogP contribution < -0.4 is 5.32 Å². The van der Waals surface area contributed by atoms with Gasteiger partial charge >= 0.3 is 12.1 Å². The van der Waals surface area contributed by atoms with Gasteiger partial charge in [0.05, 0.1) is 0 Å². The van der Waals surface area contributed by atoms with Gasteiger partial charge in [-0.1, -0.05) is 48.5 Å². The van der Waals surface area contributed by atoms with E-state index in [4.69, 9.17) is 9.84 Å². The molecule has 0 spiro atoms. The smallest absolute Gasteiger partial charge is 0.407 e. The first-order valence-electron chi connectivity index (χ1n) is 10.6. The first-order chi connectivity index (χ1) is 15.9. The van der Waals surface area contributed by atoms with Crippen LogP contribution in [0.15, 0.2) is 66.9 Å². The minimum absolute atomic E-state index is 0.101. The van der Waals surface area contributed by atoms with Crippen molar-refractivity contribution >= 4 is 18.0 Å². The molecule has 1 atom stereocenters. The first-order valence-corrected chi connectivity index (χ1v) is 10.6. The quantitative estimate of drug-likeness (QED) is 0.492. The standard InChI is InChI=1S/C25H25N3O5/c1-28(14-23(29)30)24(31)22(13-16-7-6-12-26-16)27-25(32)33-15-21-19-10-4-2-8-17(19)18-9-3-5-11-20(18)21/h2-12,21-22,26H,13-15H2,1H3,(H,27,32)(H,29,30). The van der Waals surface area contributed by atoms with Crippen molar-refractivity contribution in [2.24, 2.45) is 0 Å². The fraction of sp³-hybridized carbons (Fsp3) is 0.240. The average Bonchev–Trinajstić information content (AvgIpc) is 3.42. The zero-order valence-corrected chi connectivity index (χ0v) is 18.2. The molecule has 2 aromatic carbocycles. The third kappa shape index (κ3) is 4.90. The van der Waals surface area contributed by atoms with Crippen LogP contribution in [-0.2, 0) is 20.7 Å². The minimum Gasteiger partial charge on any atom is -0.480 e. The minimum atomic E-state index is -1.13. The normalized spacial score (nSPS) is 13.0. The third-order valence-electron chi connectivity index (χ3n) is 5.77. The Kier molecular flexibility index (Phi) is 6.44. The number of nitrogens with one attached hydrogen (secondary N) is 2. The molecule has 3 aromatic rings. The summed E-state index contributed by atoms with van der Waals surface area (Å²) in [6, 6.07) is 18.6. The molecule has 0 saturated heterocycles. The van der Waals surface area contributed by atoms with Gasteiger partial charge in [0.25, 0.3) is 0 Å². The van der Waals surface area contributed by atoms with Gasteiger partial charge in [0.1, 0.15) is 19.2 Å². The lowest BCUT2D eigenvalue weighted by Gasteiger charge is -2.23. The number of carboxylic acid groups (broad SMARTS) is 1. The van der Waals surface area contributed by atoms with E-state index in [9.17, 15) is 14.4 Å². The Hall–Kier alpha value is -4.07. The van der Waals surface area contributed by atoms with Crippen molar-refractivity contribution < 1.29 is 24.2 Å². The van der Waals surface area contributed by atoms with E-state index in [0.29, 0.717) is 0 Å². The molecule has 1 unspecified atom stereocenters. The lowest BCUT2D eigenvalue weighted by atomic mass is 9.98. The molecule has 1 heterocycles. The van der Waals surface area contributed by atoms with Gasteiger partial charge in [0.2, 0.25) is 5.91 Å². The van der Waals surface area contributed by atoms with Crippen LogP contribution in [0.2, 0.25) is 0 Å². The van der Waals surface area contributed by atoms with E-state index in [2.05, 4.69) is 22.4 Å². The van der Waals surface area contributed by atoms with Crippen LogP contribution in [0.5, 0.6) is 0 Å². The van der Waals surface area contributed by atoms with Crippen molar-refractivity contribution in [3.05, 3.63) is 83.7 Å². The van der Waals surface area contributed by atoms with Crippen molar-refractivity contribution in [3.8, 4) is 11.1 Å². The highest BCUT2D eigenvalue weighted by molar-refractivity contribution is 5.88. The number of benzene rings is 2. The number of ether oxygens (including phenoxy) is 1. The second kappa shape index (κ2) is 9.60. The molecule has 0 bridgehead atoms. The number of carbonyl (C=O) groups excluding carboxylic acids is 2. The number of H-pyrrole nitrogens is 1. The number of aliphatic carboxylic acids is 1. The van der Waals surface area contributed by atoms with Gasteiger partial charge in [-0.25, -0.2) is 4.79 Å². The number of nitrogens with zero attached hydrogens (tertiary/aromatic N) is 1. The molecule has 4 rings (SSSR count). The van der Waals surface area contributed by atoms with Crippen molar-refractivity contribution in [1.82, 2.24) is 15.2 Å². The van der Waals surface area contributed by atoms with Gasteiger partial charge in [-0.2, -0.15) is 0 Å². The second-order valence-corrected chi connectivity index (χ2v) is 8.01. The van der Waals surface area contributed by atoms with Gasteiger partial charge in [0, 0.05) is 31.3 Å². The Morgan fingerprint density at radius 3 is 2.24 bits per heavy atom. The fourth-order valence-corrected chi connectivity index (χ4v) is 4.24. The number of rotatable bonds is 8. The number of hydrogen-bond acceptors (Lipinski definition) is 4. The maximum atomic E-state index is 12.8. The third-order valence-corrected chi connectivity index (χ3v) is 5.77. The zero-order chi connectivity index (χ0) is 23.4. The van der Waals surface area contributed by atoms with Gasteiger partial charge in [-0.3, -0.25) is 9.59 Å². The zero-order valence-electron chi connectivity index (χ0n) is 18.2. The predicted octanol–water partition coefficient (Wildman–Crippen LogP) is 3.01. The molecule has 8 nitrogen and oxygen atoms in total. The van der Waals surface area contributed by atoms with E-state index >= 15 is 0 Å². The topological polar surface area (TPSA) is 112 Å². The molecule has 170 valence electrons. The van der Waals surface area contributed by atoms with Crippen molar-refractivity contribution in [1.29, 1.82) is 0 Å². The van der Waals surface area contributed by atoms with Crippen LogP contribution in [0.1, 0.15) is 22.7 Å². The van der Waals surface area contributed by atoms with E-state index in [-0.39, 0.29) is 18.9 Å². The molecule has 0 aliphatic heterocycles. The number of likely N-dealkylation sites (N-methyl/N-ethyl adjacent to an activating group) is 1. The Bertz CT molecular complexity index is 1110. The van der Waals surface area contributed by atoms with Gasteiger partial charge in [-0.15, -0.1) is 0 Å². The number of aromatic nitrogens is 1. The summed E-state index contributed by atoms with van der Waals surface area (Å²) in [7, 11) is 1.39. The highest BCUT2D eigenvalue weighted by Crippen LogP contribution is 2.44. The molecule has 0 fully saturated rings. The highest BCUT2D eigenvalue weighted by Gasteiger charge is 2.30. The fourth-order valence-electron chi connectivity index (χ4n) is 4.24. The Labute approximate surface area is 191 Å². The van der Waals surface area contributed by atoms with Crippen LogP contribution >= 0.6 is 0 Å². The molecule has 0 radical (unpaired) electrons. The molecule has 2 amide bonds. The van der Waals surface area contributed by atoms with E-state index in [1.54, 1.807) is 18.3 Å². The number of amides is 2. The number of carbonyl (C=O) groups is 3. The van der Waals surface area contributed by atoms with Gasteiger partial charge in [0.15, 0.2) is 0 Å². The molecule has 1 aromatic heterocycles. The highest BCUT2D eigenvalue weighted by atomic mass is 16.5. The van der Waals surface area contributed by atoms with E-state index < -0.39 is 30.6 Å². The second-order valence-electron chi connectivity index (χ2n) is 8.01. The summed E-state index contributed by atoms with van der Waals surface area (Å²) >= 11 is 0. The van der Waals surface area contributed by atoms with Gasteiger partial charge in [-0.05, 0) is 34.4 Å². The molecule has 3 N–H and O–H groups in total. The Morgan fingerprint density at radius 2 is 1.67 bits per heavy atom. The molecule has 8 heteroatoms. The number of alkyl carbamates (subject to hydrolysis) is 1. The van der Waals surface area contributed by atoms with Crippen molar-refractivity contribution in [2.75, 3.05) is 20.2 Å². The van der Waals surface area contributed by atoms with Crippen LogP contribution in [-0.4, -0.2) is 59.2 Å². The number of carboxylic acids is 1. The molecular formula is C25H25N3O5. The summed E-state index contributed by atoms with van der Waals surface area (Å²) in [4.78, 5) is 40.6. The van der Waals surface area contributed by atoms with E-state index in [0.717, 1.165) is 32.8 Å². The van der Waals surface area contributed by atoms with Gasteiger partial charge < -0.3 is 25.0 Å². The number of fused-ring (bicyclic) bond motifs is 3. The Balaban J connectivity index is 1.45. The maximum Gasteiger partial charge on any atom is 0.407 e. The molecule has 33 heavy (non-hydrogen) atoms. The summed E-state index contributed by atoms with van der Waals surface area (Å²) < 4.78 is 5.55. The van der Waals surface area contributed by atoms with Crippen molar-refractivity contribution in [2.45, 2.75) is 18.4 Å². The summed E-state index contributed by atoms with van der Waals surface area (Å²) in [5, 5.41) is 11.6. The summed E-state index contributed by atoms with van der Waals surface area (Å²) in [5.41, 5.74) is 5.16. The Morgan fingerprint density at radius 1 is 1.03 bits per heavy atom. The largest absolute Gasteiger partial charge is 0.480 e. The van der Waals surface area contributed by atoms with Crippen molar-refractivity contribution in [3.63, 3.8) is 0 Å². The first kappa shape index (κ1) is 22.1. The van der Waals surface area contributed by atoms with Crippen LogP contribution in [0, 0.1) is 0 Å². The predicted molar refractivity (Wildman–Crippen MR) is 122 cm³/mol. The monoisotopic (exact) mass is 447 g/mol.